The molecule has 1 aliphatic carbocycles. The van der Waals surface area contributed by atoms with Gasteiger partial charge in [0.15, 0.2) is 5.76 Å². The second kappa shape index (κ2) is 6.62. The molecule has 2 aromatic heterocycles. The van der Waals surface area contributed by atoms with E-state index in [-0.39, 0.29) is 5.91 Å². The first-order chi connectivity index (χ1) is 12.6. The number of furan rings is 1. The highest BCUT2D eigenvalue weighted by Crippen LogP contribution is 2.38. The smallest absolute Gasteiger partial charge is 0.292 e. The van der Waals surface area contributed by atoms with E-state index in [1.165, 1.54) is 21.8 Å². The van der Waals surface area contributed by atoms with Gasteiger partial charge in [-0.3, -0.25) is 4.79 Å². The number of nitriles is 1. The molecule has 26 heavy (non-hydrogen) atoms. The van der Waals surface area contributed by atoms with Crippen LogP contribution in [0.1, 0.15) is 57.5 Å². The van der Waals surface area contributed by atoms with E-state index in [0.29, 0.717) is 16.3 Å². The number of carbonyl (C=O) groups excluding carboxylic acids is 1. The van der Waals surface area contributed by atoms with Crippen molar-refractivity contribution in [2.75, 3.05) is 5.32 Å². The summed E-state index contributed by atoms with van der Waals surface area (Å²) in [6.45, 7) is 4.01. The van der Waals surface area contributed by atoms with E-state index < -0.39 is 0 Å². The van der Waals surface area contributed by atoms with Crippen LogP contribution in [0, 0.1) is 18.3 Å². The minimum absolute atomic E-state index is 0.285. The first-order valence-corrected chi connectivity index (χ1v) is 9.82. The zero-order chi connectivity index (χ0) is 18.3. The third-order valence-electron chi connectivity index (χ3n) is 5.13. The quantitative estimate of drug-likeness (QED) is 0.679. The summed E-state index contributed by atoms with van der Waals surface area (Å²) < 4.78 is 5.82. The Balaban J connectivity index is 1.69. The van der Waals surface area contributed by atoms with Gasteiger partial charge in [0, 0.05) is 15.8 Å². The van der Waals surface area contributed by atoms with Crippen LogP contribution in [0.25, 0.3) is 11.0 Å². The van der Waals surface area contributed by atoms with Crippen molar-refractivity contribution in [3.05, 3.63) is 51.1 Å². The van der Waals surface area contributed by atoms with Gasteiger partial charge in [-0.2, -0.15) is 5.26 Å². The number of fused-ring (bicyclic) bond motifs is 2. The molecule has 1 aromatic carbocycles. The third-order valence-corrected chi connectivity index (χ3v) is 6.33. The fourth-order valence-electron chi connectivity index (χ4n) is 3.64. The lowest BCUT2D eigenvalue weighted by molar-refractivity contribution is 0.0998. The second-order valence-corrected chi connectivity index (χ2v) is 7.83. The van der Waals surface area contributed by atoms with Gasteiger partial charge < -0.3 is 9.73 Å². The number of benzene rings is 1. The van der Waals surface area contributed by atoms with E-state index in [9.17, 15) is 10.1 Å². The minimum Gasteiger partial charge on any atom is -0.451 e. The van der Waals surface area contributed by atoms with Crippen LogP contribution in [-0.4, -0.2) is 5.91 Å². The van der Waals surface area contributed by atoms with Gasteiger partial charge in [-0.1, -0.05) is 13.0 Å². The lowest BCUT2D eigenvalue weighted by Gasteiger charge is -2.09. The molecule has 4 rings (SSSR count). The summed E-state index contributed by atoms with van der Waals surface area (Å²) in [6, 6.07) is 8.30. The van der Waals surface area contributed by atoms with Crippen molar-refractivity contribution in [3.8, 4) is 6.07 Å². The highest BCUT2D eigenvalue weighted by molar-refractivity contribution is 7.16. The number of aryl methyl sites for hydroxylation is 3. The molecule has 1 aliphatic rings. The average molecular weight is 364 g/mol. The third kappa shape index (κ3) is 2.71. The minimum atomic E-state index is -0.285. The topological polar surface area (TPSA) is 66.0 Å². The van der Waals surface area contributed by atoms with E-state index in [4.69, 9.17) is 4.42 Å². The highest BCUT2D eigenvalue weighted by atomic mass is 32.1. The van der Waals surface area contributed by atoms with E-state index in [1.54, 1.807) is 0 Å². The van der Waals surface area contributed by atoms with E-state index in [1.807, 2.05) is 19.1 Å². The Morgan fingerprint density at radius 1 is 1.35 bits per heavy atom. The van der Waals surface area contributed by atoms with Crippen LogP contribution in [0.2, 0.25) is 0 Å². The van der Waals surface area contributed by atoms with Gasteiger partial charge in [-0.05, 0) is 62.3 Å². The maximum atomic E-state index is 12.8. The number of nitrogens with zero attached hydrogens (tertiary/aromatic N) is 1. The summed E-state index contributed by atoms with van der Waals surface area (Å²) in [7, 11) is 0. The Bertz CT molecular complexity index is 1050. The van der Waals surface area contributed by atoms with Crippen LogP contribution < -0.4 is 5.32 Å². The molecule has 3 aromatic rings. The predicted molar refractivity (Wildman–Crippen MR) is 104 cm³/mol. The lowest BCUT2D eigenvalue weighted by atomic mass is 9.96. The molecule has 0 saturated carbocycles. The number of anilines is 1. The molecule has 0 aliphatic heterocycles. The van der Waals surface area contributed by atoms with Crippen molar-refractivity contribution in [1.82, 2.24) is 0 Å². The van der Waals surface area contributed by atoms with Gasteiger partial charge in [0.1, 0.15) is 16.7 Å². The molecule has 0 bridgehead atoms. The fourth-order valence-corrected chi connectivity index (χ4v) is 4.87. The van der Waals surface area contributed by atoms with E-state index in [2.05, 4.69) is 24.4 Å². The summed E-state index contributed by atoms with van der Waals surface area (Å²) >= 11 is 1.53. The summed E-state index contributed by atoms with van der Waals surface area (Å²) in [5, 5.41) is 14.1. The molecule has 0 spiro atoms. The number of thiophene rings is 1. The maximum absolute atomic E-state index is 12.8. The number of hydrogen-bond acceptors (Lipinski definition) is 4. The molecule has 1 amide bonds. The lowest BCUT2D eigenvalue weighted by Crippen LogP contribution is -2.12. The zero-order valence-corrected chi connectivity index (χ0v) is 15.8. The van der Waals surface area contributed by atoms with E-state index in [0.717, 1.165) is 54.2 Å². The molecule has 0 fully saturated rings. The Morgan fingerprint density at radius 3 is 2.92 bits per heavy atom. The van der Waals surface area contributed by atoms with Crippen LogP contribution in [0.4, 0.5) is 5.00 Å². The van der Waals surface area contributed by atoms with Crippen LogP contribution in [0.15, 0.2) is 22.6 Å². The van der Waals surface area contributed by atoms with Crippen molar-refractivity contribution in [3.63, 3.8) is 0 Å². The number of carbonyl (C=O) groups is 1. The molecule has 2 heterocycles. The molecule has 0 unspecified atom stereocenters. The maximum Gasteiger partial charge on any atom is 0.292 e. The second-order valence-electron chi connectivity index (χ2n) is 6.72. The van der Waals surface area contributed by atoms with Crippen molar-refractivity contribution >= 4 is 33.2 Å². The largest absolute Gasteiger partial charge is 0.451 e. The summed E-state index contributed by atoms with van der Waals surface area (Å²) in [5.74, 6) is 0.0374. The zero-order valence-electron chi connectivity index (χ0n) is 14.9. The Morgan fingerprint density at radius 2 is 2.15 bits per heavy atom. The first kappa shape index (κ1) is 16.9. The number of hydrogen-bond donors (Lipinski definition) is 1. The number of amides is 1. The Hall–Kier alpha value is -2.58. The van der Waals surface area contributed by atoms with Gasteiger partial charge in [0.05, 0.1) is 5.56 Å². The van der Waals surface area contributed by atoms with Crippen molar-refractivity contribution in [2.45, 2.75) is 46.0 Å². The summed E-state index contributed by atoms with van der Waals surface area (Å²) in [5.41, 5.74) is 4.52. The van der Waals surface area contributed by atoms with Crippen LogP contribution in [0.3, 0.4) is 0 Å². The molecule has 0 saturated heterocycles. The van der Waals surface area contributed by atoms with Crippen molar-refractivity contribution in [1.29, 1.82) is 5.26 Å². The normalized spacial score (nSPS) is 13.4. The van der Waals surface area contributed by atoms with Gasteiger partial charge >= 0.3 is 0 Å². The number of rotatable bonds is 3. The van der Waals surface area contributed by atoms with Crippen molar-refractivity contribution in [2.24, 2.45) is 0 Å². The highest BCUT2D eigenvalue weighted by Gasteiger charge is 2.24. The molecule has 5 heteroatoms. The molecule has 0 atom stereocenters. The van der Waals surface area contributed by atoms with Gasteiger partial charge in [-0.25, -0.2) is 0 Å². The molecular formula is C21H20N2O2S. The summed E-state index contributed by atoms with van der Waals surface area (Å²) in [6.07, 6.45) is 5.11. The first-order valence-electron chi connectivity index (χ1n) is 9.00. The Labute approximate surface area is 156 Å². The van der Waals surface area contributed by atoms with Gasteiger partial charge in [-0.15, -0.1) is 11.3 Å². The average Bonchev–Trinajstić information content (AvgIpc) is 3.18. The predicted octanol–water partition coefficient (Wildman–Crippen LogP) is 5.37. The van der Waals surface area contributed by atoms with Gasteiger partial charge in [0.2, 0.25) is 0 Å². The fraction of sp³-hybridized carbons (Fsp3) is 0.333. The monoisotopic (exact) mass is 364 g/mol. The van der Waals surface area contributed by atoms with Gasteiger partial charge in [0.25, 0.3) is 5.91 Å². The SMILES string of the molecule is CCc1ccc2oc(C(=O)Nc3sc4c(c3C#N)CCCC4)c(C)c2c1. The van der Waals surface area contributed by atoms with Crippen molar-refractivity contribution < 1.29 is 9.21 Å². The molecule has 0 radical (unpaired) electrons. The standard InChI is InChI=1S/C21H20N2O2S/c1-3-13-8-9-17-15(10-13)12(2)19(25-17)20(24)23-21-16(11-22)14-6-4-5-7-18(14)26-21/h8-10H,3-7H2,1-2H3,(H,23,24). The summed E-state index contributed by atoms with van der Waals surface area (Å²) in [4.78, 5) is 14.1. The Kier molecular flexibility index (Phi) is 4.29. The molecule has 132 valence electrons. The van der Waals surface area contributed by atoms with Crippen LogP contribution in [0.5, 0.6) is 0 Å². The van der Waals surface area contributed by atoms with Crippen LogP contribution in [-0.2, 0) is 19.3 Å². The molecular weight excluding hydrogens is 344 g/mol. The van der Waals surface area contributed by atoms with E-state index >= 15 is 0 Å². The molecule has 1 N–H and O–H groups in total. The molecule has 4 nitrogen and oxygen atoms in total. The number of nitrogens with one attached hydrogen (secondary N) is 1. The van der Waals surface area contributed by atoms with Crippen LogP contribution >= 0.6 is 11.3 Å².